The highest BCUT2D eigenvalue weighted by atomic mass is 32.2. The highest BCUT2D eigenvalue weighted by Gasteiger charge is 2.48. The summed E-state index contributed by atoms with van der Waals surface area (Å²) in [5, 5.41) is 0.583. The van der Waals surface area contributed by atoms with Crippen LogP contribution in [0.3, 0.4) is 0 Å². The van der Waals surface area contributed by atoms with Crippen molar-refractivity contribution in [1.29, 1.82) is 0 Å². The van der Waals surface area contributed by atoms with E-state index in [2.05, 4.69) is 4.99 Å². The van der Waals surface area contributed by atoms with Crippen LogP contribution in [0.5, 0.6) is 5.75 Å². The number of amidine groups is 1. The molecule has 6 nitrogen and oxygen atoms in total. The number of hydrogen-bond acceptors (Lipinski definition) is 5. The Morgan fingerprint density at radius 2 is 2.15 bits per heavy atom. The molecule has 2 fully saturated rings. The van der Waals surface area contributed by atoms with Gasteiger partial charge in [-0.1, -0.05) is 37.7 Å². The fraction of sp³-hybridized carbons (Fsp3) is 0.556. The zero-order valence-electron chi connectivity index (χ0n) is 15.2. The number of hydrogen-bond donors (Lipinski definition) is 0. The van der Waals surface area contributed by atoms with Crippen LogP contribution < -0.4 is 4.74 Å². The SMILES string of the molecule is COc1cccc(CN2C(=NC(=O)CC(C)C)S[C@@H]3CS(=O)(=O)C[C@H]32)c1. The van der Waals surface area contributed by atoms with Crippen molar-refractivity contribution in [3.63, 3.8) is 0 Å². The monoisotopic (exact) mass is 396 g/mol. The summed E-state index contributed by atoms with van der Waals surface area (Å²) in [5.74, 6) is 1.10. The molecule has 2 saturated heterocycles. The Hall–Kier alpha value is -1.54. The van der Waals surface area contributed by atoms with Gasteiger partial charge >= 0.3 is 0 Å². The van der Waals surface area contributed by atoms with Crippen LogP contribution in [0.1, 0.15) is 25.8 Å². The number of benzene rings is 1. The summed E-state index contributed by atoms with van der Waals surface area (Å²) >= 11 is 1.42. The Morgan fingerprint density at radius 1 is 1.38 bits per heavy atom. The van der Waals surface area contributed by atoms with Crippen LogP contribution in [0.15, 0.2) is 29.3 Å². The molecule has 0 aromatic heterocycles. The molecule has 2 heterocycles. The molecule has 2 aliphatic heterocycles. The summed E-state index contributed by atoms with van der Waals surface area (Å²) in [6, 6.07) is 7.53. The second kappa shape index (κ2) is 7.60. The van der Waals surface area contributed by atoms with E-state index in [0.717, 1.165) is 11.3 Å². The average Bonchev–Trinajstić information content (AvgIpc) is 2.99. The van der Waals surface area contributed by atoms with E-state index in [9.17, 15) is 13.2 Å². The lowest BCUT2D eigenvalue weighted by Gasteiger charge is -2.24. The van der Waals surface area contributed by atoms with Crippen LogP contribution in [0.2, 0.25) is 0 Å². The van der Waals surface area contributed by atoms with Gasteiger partial charge in [0.05, 0.1) is 24.7 Å². The first-order valence-corrected chi connectivity index (χ1v) is 11.4. The number of carbonyl (C=O) groups is 1. The number of ether oxygens (including phenoxy) is 1. The molecule has 0 bridgehead atoms. The van der Waals surface area contributed by atoms with Crippen molar-refractivity contribution in [2.24, 2.45) is 10.9 Å². The largest absolute Gasteiger partial charge is 0.497 e. The fourth-order valence-electron chi connectivity index (χ4n) is 3.29. The number of methoxy groups -OCH3 is 1. The number of fused-ring (bicyclic) bond motifs is 1. The number of nitrogens with zero attached hydrogens (tertiary/aromatic N) is 2. The molecule has 0 aliphatic carbocycles. The lowest BCUT2D eigenvalue weighted by atomic mass is 10.1. The zero-order valence-corrected chi connectivity index (χ0v) is 16.8. The number of sulfone groups is 1. The van der Waals surface area contributed by atoms with Crippen LogP contribution in [-0.2, 0) is 21.2 Å². The topological polar surface area (TPSA) is 76.0 Å². The van der Waals surface area contributed by atoms with Gasteiger partial charge in [-0.05, 0) is 23.6 Å². The molecule has 8 heteroatoms. The molecule has 1 amide bonds. The lowest BCUT2D eigenvalue weighted by molar-refractivity contribution is -0.118. The molecule has 0 N–H and O–H groups in total. The highest BCUT2D eigenvalue weighted by molar-refractivity contribution is 8.15. The maximum atomic E-state index is 12.2. The molecule has 2 atom stereocenters. The molecule has 3 rings (SSSR count). The van der Waals surface area contributed by atoms with Gasteiger partial charge in [-0.2, -0.15) is 4.99 Å². The van der Waals surface area contributed by atoms with Gasteiger partial charge in [0.1, 0.15) is 5.75 Å². The van der Waals surface area contributed by atoms with Crippen molar-refractivity contribution < 1.29 is 17.9 Å². The van der Waals surface area contributed by atoms with E-state index in [4.69, 9.17) is 4.74 Å². The third-order valence-electron chi connectivity index (χ3n) is 4.47. The zero-order chi connectivity index (χ0) is 18.9. The summed E-state index contributed by atoms with van der Waals surface area (Å²) in [5.41, 5.74) is 0.999. The smallest absolute Gasteiger partial charge is 0.248 e. The maximum absolute atomic E-state index is 12.2. The average molecular weight is 397 g/mol. The van der Waals surface area contributed by atoms with Gasteiger partial charge in [0, 0.05) is 18.2 Å². The Morgan fingerprint density at radius 3 is 2.85 bits per heavy atom. The van der Waals surface area contributed by atoms with E-state index in [0.29, 0.717) is 18.1 Å². The van der Waals surface area contributed by atoms with Crippen molar-refractivity contribution in [2.75, 3.05) is 18.6 Å². The molecule has 26 heavy (non-hydrogen) atoms. The van der Waals surface area contributed by atoms with Gasteiger partial charge < -0.3 is 9.64 Å². The molecule has 0 saturated carbocycles. The summed E-state index contributed by atoms with van der Waals surface area (Å²) in [6.45, 7) is 4.47. The van der Waals surface area contributed by atoms with Gasteiger partial charge in [0.25, 0.3) is 0 Å². The molecular formula is C18H24N2O4S2. The first-order valence-electron chi connectivity index (χ1n) is 8.65. The van der Waals surface area contributed by atoms with E-state index >= 15 is 0 Å². The molecule has 0 spiro atoms. The number of thioether (sulfide) groups is 1. The second-order valence-corrected chi connectivity index (χ2v) is 10.5. The van der Waals surface area contributed by atoms with Crippen molar-refractivity contribution in [2.45, 2.75) is 38.1 Å². The number of carbonyl (C=O) groups excluding carboxylic acids is 1. The molecule has 1 aromatic carbocycles. The van der Waals surface area contributed by atoms with Gasteiger partial charge in [0.15, 0.2) is 15.0 Å². The Balaban J connectivity index is 1.87. The number of amides is 1. The lowest BCUT2D eigenvalue weighted by Crippen LogP contribution is -2.37. The van der Waals surface area contributed by atoms with Crippen molar-refractivity contribution in [3.8, 4) is 5.75 Å². The van der Waals surface area contributed by atoms with Crippen LogP contribution >= 0.6 is 11.8 Å². The van der Waals surface area contributed by atoms with E-state index in [-0.39, 0.29) is 34.6 Å². The quantitative estimate of drug-likeness (QED) is 0.760. The minimum Gasteiger partial charge on any atom is -0.497 e. The second-order valence-electron chi connectivity index (χ2n) is 7.17. The first kappa shape index (κ1) is 19.2. The third kappa shape index (κ3) is 4.40. The predicted molar refractivity (Wildman–Crippen MR) is 104 cm³/mol. The Kier molecular flexibility index (Phi) is 5.62. The van der Waals surface area contributed by atoms with E-state index in [1.807, 2.05) is 43.0 Å². The van der Waals surface area contributed by atoms with Gasteiger partial charge in [-0.15, -0.1) is 0 Å². The number of rotatable bonds is 5. The summed E-state index contributed by atoms with van der Waals surface area (Å²) in [4.78, 5) is 18.5. The van der Waals surface area contributed by atoms with Crippen LogP contribution in [0.4, 0.5) is 0 Å². The predicted octanol–water partition coefficient (Wildman–Crippen LogP) is 2.34. The van der Waals surface area contributed by atoms with E-state index in [1.54, 1.807) is 7.11 Å². The summed E-state index contributed by atoms with van der Waals surface area (Å²) in [7, 11) is -1.43. The van der Waals surface area contributed by atoms with Gasteiger partial charge in [-0.25, -0.2) is 8.42 Å². The standard InChI is InChI=1S/C18H24N2O4S2/c1-12(2)7-17(21)19-18-20(9-13-5-4-6-14(8-13)24-3)15-10-26(22,23)11-16(15)25-18/h4-6,8,12,15-16H,7,9-11H2,1-3H3/t15-,16-/m1/s1. The maximum Gasteiger partial charge on any atom is 0.248 e. The molecule has 2 aliphatic rings. The molecule has 1 aromatic rings. The normalized spacial score (nSPS) is 25.7. The highest BCUT2D eigenvalue weighted by Crippen LogP contribution is 2.39. The Bertz CT molecular complexity index is 820. The minimum atomic E-state index is -3.04. The van der Waals surface area contributed by atoms with Crippen LogP contribution in [0.25, 0.3) is 0 Å². The molecule has 0 radical (unpaired) electrons. The van der Waals surface area contributed by atoms with Gasteiger partial charge in [0.2, 0.25) is 5.91 Å². The Labute approximate surface area is 158 Å². The van der Waals surface area contributed by atoms with Crippen molar-refractivity contribution in [1.82, 2.24) is 4.90 Å². The van der Waals surface area contributed by atoms with E-state index in [1.165, 1.54) is 11.8 Å². The van der Waals surface area contributed by atoms with Crippen molar-refractivity contribution >= 4 is 32.7 Å². The molecule has 142 valence electrons. The first-order chi connectivity index (χ1) is 12.3. The summed E-state index contributed by atoms with van der Waals surface area (Å²) < 4.78 is 29.4. The van der Waals surface area contributed by atoms with Crippen LogP contribution in [-0.4, -0.2) is 54.3 Å². The summed E-state index contributed by atoms with van der Waals surface area (Å²) in [6.07, 6.45) is 0.394. The molecular weight excluding hydrogens is 372 g/mol. The van der Waals surface area contributed by atoms with Gasteiger partial charge in [-0.3, -0.25) is 4.79 Å². The minimum absolute atomic E-state index is 0.0591. The van der Waals surface area contributed by atoms with Crippen LogP contribution in [0, 0.1) is 5.92 Å². The number of aliphatic imine (C=N–C) groups is 1. The fourth-order valence-corrected chi connectivity index (χ4v) is 7.26. The third-order valence-corrected chi connectivity index (χ3v) is 7.71. The van der Waals surface area contributed by atoms with E-state index < -0.39 is 9.84 Å². The van der Waals surface area contributed by atoms with Crippen molar-refractivity contribution in [3.05, 3.63) is 29.8 Å². The molecule has 0 unspecified atom stereocenters.